The van der Waals surface area contributed by atoms with Gasteiger partial charge in [0.05, 0.1) is 0 Å². The summed E-state index contributed by atoms with van der Waals surface area (Å²) in [6, 6.07) is 5.65. The quantitative estimate of drug-likeness (QED) is 0.562. The average molecular weight is 124 g/mol. The lowest BCUT2D eigenvalue weighted by atomic mass is 10.1. The van der Waals surface area contributed by atoms with Crippen LogP contribution in [0.5, 0.6) is 5.75 Å². The van der Waals surface area contributed by atoms with Crippen LogP contribution >= 0.6 is 0 Å². The van der Waals surface area contributed by atoms with Crippen LogP contribution < -0.4 is 0 Å². The summed E-state index contributed by atoms with van der Waals surface area (Å²) in [5.74, 6) is 0.384. The van der Waals surface area contributed by atoms with Gasteiger partial charge in [0, 0.05) is 1.43 Å². The molecule has 0 saturated carbocycles. The average Bonchev–Trinajstić information content (AvgIpc) is 1.80. The van der Waals surface area contributed by atoms with Crippen LogP contribution in [0.1, 0.15) is 12.6 Å². The van der Waals surface area contributed by atoms with Gasteiger partial charge in [0.15, 0.2) is 0 Å². The molecule has 1 heteroatoms. The predicted molar refractivity (Wildman–Crippen MR) is 39.7 cm³/mol. The summed E-state index contributed by atoms with van der Waals surface area (Å²) in [7, 11) is 0. The molecule has 0 aliphatic heterocycles. The van der Waals surface area contributed by atoms with E-state index in [4.69, 9.17) is 5.11 Å². The van der Waals surface area contributed by atoms with Crippen LogP contribution in [0.25, 0.3) is 0 Å². The SMILES string of the molecule is Cc1ccc(C)c(O)c1.[HH]. The summed E-state index contributed by atoms with van der Waals surface area (Å²) in [6.45, 7) is 3.84. The van der Waals surface area contributed by atoms with Crippen molar-refractivity contribution in [2.45, 2.75) is 13.8 Å². The molecule has 9 heavy (non-hydrogen) atoms. The van der Waals surface area contributed by atoms with Gasteiger partial charge in [-0.2, -0.15) is 0 Å². The molecule has 1 rings (SSSR count). The predicted octanol–water partition coefficient (Wildman–Crippen LogP) is 2.26. The Hall–Kier alpha value is -0.980. The van der Waals surface area contributed by atoms with E-state index in [1.807, 2.05) is 26.0 Å². The number of rotatable bonds is 0. The minimum Gasteiger partial charge on any atom is -0.508 e. The number of hydrogen-bond donors (Lipinski definition) is 1. The van der Waals surface area contributed by atoms with E-state index in [1.54, 1.807) is 6.07 Å². The molecule has 1 N–H and O–H groups in total. The van der Waals surface area contributed by atoms with Crippen molar-refractivity contribution in [3.05, 3.63) is 29.3 Å². The number of benzene rings is 1. The maximum atomic E-state index is 9.10. The lowest BCUT2D eigenvalue weighted by Gasteiger charge is -1.97. The third kappa shape index (κ3) is 1.22. The molecular formula is C8H12O. The van der Waals surface area contributed by atoms with Crippen molar-refractivity contribution in [3.8, 4) is 5.75 Å². The van der Waals surface area contributed by atoms with E-state index in [1.165, 1.54) is 0 Å². The van der Waals surface area contributed by atoms with Gasteiger partial charge in [0.2, 0.25) is 0 Å². The zero-order valence-electron chi connectivity index (χ0n) is 5.68. The monoisotopic (exact) mass is 124 g/mol. The van der Waals surface area contributed by atoms with Crippen LogP contribution in [0.4, 0.5) is 0 Å². The molecule has 0 unspecified atom stereocenters. The Kier molecular flexibility index (Phi) is 1.43. The summed E-state index contributed by atoms with van der Waals surface area (Å²) < 4.78 is 0. The number of aromatic hydroxyl groups is 1. The van der Waals surface area contributed by atoms with Crippen molar-refractivity contribution in [2.24, 2.45) is 0 Å². The molecule has 1 aromatic carbocycles. The van der Waals surface area contributed by atoms with Crippen molar-refractivity contribution >= 4 is 0 Å². The molecule has 0 amide bonds. The molecular weight excluding hydrogens is 112 g/mol. The highest BCUT2D eigenvalue weighted by molar-refractivity contribution is 5.34. The van der Waals surface area contributed by atoms with Crippen LogP contribution in [-0.4, -0.2) is 5.11 Å². The molecule has 0 aliphatic carbocycles. The molecule has 0 bridgehead atoms. The number of aryl methyl sites for hydroxylation is 2. The van der Waals surface area contributed by atoms with Crippen LogP contribution in [-0.2, 0) is 0 Å². The first-order chi connectivity index (χ1) is 4.20. The first kappa shape index (κ1) is 6.14. The second-order valence-corrected chi connectivity index (χ2v) is 2.29. The largest absolute Gasteiger partial charge is 0.508 e. The van der Waals surface area contributed by atoms with Crippen molar-refractivity contribution in [2.75, 3.05) is 0 Å². The van der Waals surface area contributed by atoms with Gasteiger partial charge in [0.25, 0.3) is 0 Å². The fourth-order valence-corrected chi connectivity index (χ4v) is 0.719. The van der Waals surface area contributed by atoms with E-state index in [2.05, 4.69) is 0 Å². The second kappa shape index (κ2) is 2.09. The Morgan fingerprint density at radius 3 is 2.44 bits per heavy atom. The lowest BCUT2D eigenvalue weighted by molar-refractivity contribution is 0.470. The zero-order valence-corrected chi connectivity index (χ0v) is 5.68. The van der Waals surface area contributed by atoms with Crippen LogP contribution in [0.3, 0.4) is 0 Å². The molecule has 1 nitrogen and oxygen atoms in total. The van der Waals surface area contributed by atoms with Crippen molar-refractivity contribution < 1.29 is 6.53 Å². The van der Waals surface area contributed by atoms with Gasteiger partial charge in [-0.15, -0.1) is 0 Å². The Morgan fingerprint density at radius 2 is 2.00 bits per heavy atom. The number of phenols is 1. The number of hydrogen-bond acceptors (Lipinski definition) is 1. The summed E-state index contributed by atoms with van der Waals surface area (Å²) in [5.41, 5.74) is 2.03. The van der Waals surface area contributed by atoms with E-state index in [0.29, 0.717) is 5.75 Å². The zero-order chi connectivity index (χ0) is 6.85. The molecule has 50 valence electrons. The maximum Gasteiger partial charge on any atom is 0.118 e. The Bertz CT molecular complexity index is 220. The Labute approximate surface area is 56.4 Å². The lowest BCUT2D eigenvalue weighted by Crippen LogP contribution is -1.74. The summed E-state index contributed by atoms with van der Waals surface area (Å²) in [6.07, 6.45) is 0. The fourth-order valence-electron chi connectivity index (χ4n) is 0.719. The normalized spacial score (nSPS) is 9.56. The van der Waals surface area contributed by atoms with Gasteiger partial charge >= 0.3 is 0 Å². The molecule has 0 heterocycles. The summed E-state index contributed by atoms with van der Waals surface area (Å²) >= 11 is 0. The third-order valence-electron chi connectivity index (χ3n) is 1.36. The fraction of sp³-hybridized carbons (Fsp3) is 0.250. The van der Waals surface area contributed by atoms with E-state index in [9.17, 15) is 0 Å². The first-order valence-corrected chi connectivity index (χ1v) is 2.96. The van der Waals surface area contributed by atoms with Crippen molar-refractivity contribution in [1.82, 2.24) is 0 Å². The number of phenolic OH excluding ortho intramolecular Hbond substituents is 1. The topological polar surface area (TPSA) is 20.2 Å². The van der Waals surface area contributed by atoms with Crippen molar-refractivity contribution in [3.63, 3.8) is 0 Å². The van der Waals surface area contributed by atoms with E-state index >= 15 is 0 Å². The Balaban J connectivity index is 0.000000810. The molecule has 0 aromatic heterocycles. The molecule has 0 atom stereocenters. The molecule has 0 fully saturated rings. The van der Waals surface area contributed by atoms with Crippen molar-refractivity contribution in [1.29, 1.82) is 0 Å². The second-order valence-electron chi connectivity index (χ2n) is 2.29. The highest BCUT2D eigenvalue weighted by Crippen LogP contribution is 2.15. The highest BCUT2D eigenvalue weighted by Gasteiger charge is 1.91. The molecule has 0 spiro atoms. The molecule has 0 saturated heterocycles. The van der Waals surface area contributed by atoms with Gasteiger partial charge < -0.3 is 5.11 Å². The molecule has 0 radical (unpaired) electrons. The first-order valence-electron chi connectivity index (χ1n) is 2.96. The molecule has 0 aliphatic rings. The van der Waals surface area contributed by atoms with Gasteiger partial charge in [-0.3, -0.25) is 0 Å². The minimum atomic E-state index is 0. The van der Waals surface area contributed by atoms with Crippen LogP contribution in [0, 0.1) is 13.8 Å². The van der Waals surface area contributed by atoms with E-state index in [0.717, 1.165) is 11.1 Å². The van der Waals surface area contributed by atoms with E-state index in [-0.39, 0.29) is 1.43 Å². The van der Waals surface area contributed by atoms with Gasteiger partial charge in [-0.1, -0.05) is 12.1 Å². The standard InChI is InChI=1S/C8H10O.H2/c1-6-3-4-7(2)8(9)5-6;/h3-5,9H,1-2H3;1H. The maximum absolute atomic E-state index is 9.10. The summed E-state index contributed by atoms with van der Waals surface area (Å²) in [4.78, 5) is 0. The van der Waals surface area contributed by atoms with Gasteiger partial charge in [-0.05, 0) is 31.0 Å². The Morgan fingerprint density at radius 1 is 1.33 bits per heavy atom. The molecule has 1 aromatic rings. The van der Waals surface area contributed by atoms with Gasteiger partial charge in [0.1, 0.15) is 5.75 Å². The highest BCUT2D eigenvalue weighted by atomic mass is 16.3. The van der Waals surface area contributed by atoms with Crippen LogP contribution in [0.2, 0.25) is 0 Å². The summed E-state index contributed by atoms with van der Waals surface area (Å²) in [5, 5.41) is 9.10. The van der Waals surface area contributed by atoms with E-state index < -0.39 is 0 Å². The minimum absolute atomic E-state index is 0. The smallest absolute Gasteiger partial charge is 0.118 e. The van der Waals surface area contributed by atoms with Crippen LogP contribution in [0.15, 0.2) is 18.2 Å². The third-order valence-corrected chi connectivity index (χ3v) is 1.36. The van der Waals surface area contributed by atoms with Gasteiger partial charge in [-0.25, -0.2) is 0 Å².